The molecule has 1 unspecified atom stereocenters. The molecular weight excluding hydrogens is 260 g/mol. The maximum atomic E-state index is 13.0. The molecule has 3 heteroatoms. The highest BCUT2D eigenvalue weighted by molar-refractivity contribution is 5.79. The molecule has 3 aliphatic rings. The van der Waals surface area contributed by atoms with Gasteiger partial charge < -0.3 is 10.2 Å². The van der Waals surface area contributed by atoms with Gasteiger partial charge in [0.2, 0.25) is 5.91 Å². The number of nitrogens with zero attached hydrogens (tertiary/aromatic N) is 1. The average molecular weight is 292 g/mol. The van der Waals surface area contributed by atoms with Gasteiger partial charge in [-0.1, -0.05) is 38.5 Å². The number of amides is 1. The molecule has 0 bridgehead atoms. The third-order valence-electron chi connectivity index (χ3n) is 5.55. The third kappa shape index (κ3) is 4.45. The van der Waals surface area contributed by atoms with Gasteiger partial charge in [0.15, 0.2) is 0 Å². The Morgan fingerprint density at radius 1 is 0.857 bits per heavy atom. The lowest BCUT2D eigenvalue weighted by atomic mass is 9.90. The predicted octanol–water partition coefficient (Wildman–Crippen LogP) is 3.48. The molecule has 1 aliphatic heterocycles. The van der Waals surface area contributed by atoms with Crippen molar-refractivity contribution >= 4 is 5.91 Å². The van der Waals surface area contributed by atoms with Crippen LogP contribution in [0.5, 0.6) is 0 Å². The van der Waals surface area contributed by atoms with Gasteiger partial charge in [-0.3, -0.25) is 4.79 Å². The van der Waals surface area contributed by atoms with Crippen molar-refractivity contribution in [1.29, 1.82) is 0 Å². The highest BCUT2D eigenvalue weighted by atomic mass is 16.2. The number of nitrogens with one attached hydrogen (secondary N) is 1. The van der Waals surface area contributed by atoms with Crippen LogP contribution in [0.1, 0.15) is 77.0 Å². The molecule has 120 valence electrons. The summed E-state index contributed by atoms with van der Waals surface area (Å²) in [4.78, 5) is 15.3. The van der Waals surface area contributed by atoms with Gasteiger partial charge in [-0.05, 0) is 45.1 Å². The zero-order chi connectivity index (χ0) is 14.5. The summed E-state index contributed by atoms with van der Waals surface area (Å²) in [6.07, 6.45) is 15.2. The molecule has 3 rings (SSSR count). The van der Waals surface area contributed by atoms with E-state index in [9.17, 15) is 4.79 Å². The molecule has 3 fully saturated rings. The summed E-state index contributed by atoms with van der Waals surface area (Å²) in [5.41, 5.74) is 0. The molecule has 0 radical (unpaired) electrons. The van der Waals surface area contributed by atoms with Gasteiger partial charge in [-0.15, -0.1) is 0 Å². The van der Waals surface area contributed by atoms with Crippen LogP contribution in [0.2, 0.25) is 0 Å². The minimum absolute atomic E-state index is 0.328. The lowest BCUT2D eigenvalue weighted by Crippen LogP contribution is -2.48. The van der Waals surface area contributed by atoms with Crippen LogP contribution in [0, 0.1) is 5.92 Å². The first kappa shape index (κ1) is 15.3. The molecule has 2 saturated carbocycles. The summed E-state index contributed by atoms with van der Waals surface area (Å²) in [5, 5.41) is 3.62. The van der Waals surface area contributed by atoms with Crippen molar-refractivity contribution in [3.63, 3.8) is 0 Å². The van der Waals surface area contributed by atoms with E-state index in [4.69, 9.17) is 0 Å². The van der Waals surface area contributed by atoms with Gasteiger partial charge >= 0.3 is 0 Å². The molecule has 0 aromatic rings. The molecule has 1 atom stereocenters. The largest absolute Gasteiger partial charge is 0.338 e. The van der Waals surface area contributed by atoms with Crippen LogP contribution in [0.3, 0.4) is 0 Å². The first-order valence-electron chi connectivity index (χ1n) is 9.38. The highest BCUT2D eigenvalue weighted by Crippen LogP contribution is 2.32. The van der Waals surface area contributed by atoms with Crippen LogP contribution in [-0.2, 0) is 4.79 Å². The minimum atomic E-state index is 0.328. The Kier molecular flexibility index (Phi) is 5.56. The topological polar surface area (TPSA) is 32.3 Å². The van der Waals surface area contributed by atoms with Crippen molar-refractivity contribution in [1.82, 2.24) is 10.2 Å². The van der Waals surface area contributed by atoms with E-state index in [1.54, 1.807) is 0 Å². The zero-order valence-corrected chi connectivity index (χ0v) is 13.5. The molecule has 21 heavy (non-hydrogen) atoms. The van der Waals surface area contributed by atoms with Gasteiger partial charge in [0.05, 0.1) is 0 Å². The fourth-order valence-electron chi connectivity index (χ4n) is 4.06. The third-order valence-corrected chi connectivity index (χ3v) is 5.55. The lowest BCUT2D eigenvalue weighted by molar-refractivity contribution is -0.137. The van der Waals surface area contributed by atoms with E-state index in [1.807, 2.05) is 0 Å². The Morgan fingerprint density at radius 2 is 1.52 bits per heavy atom. The van der Waals surface area contributed by atoms with Gasteiger partial charge in [-0.25, -0.2) is 0 Å². The monoisotopic (exact) mass is 292 g/mol. The summed E-state index contributed by atoms with van der Waals surface area (Å²) >= 11 is 0. The normalized spacial score (nSPS) is 28.7. The Labute approximate surface area is 129 Å². The number of hydrogen-bond donors (Lipinski definition) is 1. The van der Waals surface area contributed by atoms with Crippen molar-refractivity contribution in [3.8, 4) is 0 Å². The number of rotatable bonds is 4. The van der Waals surface area contributed by atoms with Crippen molar-refractivity contribution < 1.29 is 4.79 Å². The van der Waals surface area contributed by atoms with Crippen LogP contribution in [0.15, 0.2) is 0 Å². The van der Waals surface area contributed by atoms with Crippen molar-refractivity contribution in [2.24, 2.45) is 5.92 Å². The number of hydrogen-bond acceptors (Lipinski definition) is 2. The second-order valence-corrected chi connectivity index (χ2v) is 7.41. The molecule has 1 N–H and O–H groups in total. The molecule has 1 saturated heterocycles. The molecular formula is C18H32N2O. The summed E-state index contributed by atoms with van der Waals surface area (Å²) in [6.45, 7) is 2.11. The summed E-state index contributed by atoms with van der Waals surface area (Å²) in [5.74, 6) is 0.821. The second kappa shape index (κ2) is 7.62. The maximum Gasteiger partial charge on any atom is 0.225 e. The Balaban J connectivity index is 1.57. The van der Waals surface area contributed by atoms with Crippen LogP contribution in [0.25, 0.3) is 0 Å². The van der Waals surface area contributed by atoms with Crippen LogP contribution in [0.4, 0.5) is 0 Å². The zero-order valence-electron chi connectivity index (χ0n) is 13.5. The molecule has 0 spiro atoms. The molecule has 1 amide bonds. The lowest BCUT2D eigenvalue weighted by Gasteiger charge is -2.33. The Bertz CT molecular complexity index is 326. The fraction of sp³-hybridized carbons (Fsp3) is 0.944. The molecule has 1 heterocycles. The van der Waals surface area contributed by atoms with Crippen LogP contribution in [-0.4, -0.2) is 36.0 Å². The van der Waals surface area contributed by atoms with Gasteiger partial charge in [0.1, 0.15) is 0 Å². The van der Waals surface area contributed by atoms with E-state index in [-0.39, 0.29) is 0 Å². The Morgan fingerprint density at radius 3 is 2.14 bits per heavy atom. The Hall–Kier alpha value is -0.570. The maximum absolute atomic E-state index is 13.0. The number of piperidine rings is 1. The van der Waals surface area contributed by atoms with Gasteiger partial charge in [0, 0.05) is 24.5 Å². The molecule has 3 nitrogen and oxygen atoms in total. The molecule has 0 aromatic carbocycles. The molecule has 0 aromatic heterocycles. The summed E-state index contributed by atoms with van der Waals surface area (Å²) < 4.78 is 0. The standard InChI is InChI=1S/C18H32N2O/c21-18(15-8-4-2-1-3-5-9-15)20(17-11-12-17)14-16-10-6-7-13-19-16/h15-17,19H,1-14H2. The number of carbonyl (C=O) groups excluding carboxylic acids is 1. The van der Waals surface area contributed by atoms with E-state index in [0.717, 1.165) is 25.9 Å². The predicted molar refractivity (Wildman–Crippen MR) is 86.2 cm³/mol. The first-order chi connectivity index (χ1) is 10.3. The van der Waals surface area contributed by atoms with Gasteiger partial charge in [0.25, 0.3) is 0 Å². The van der Waals surface area contributed by atoms with Crippen LogP contribution >= 0.6 is 0 Å². The minimum Gasteiger partial charge on any atom is -0.338 e. The SMILES string of the molecule is O=C(C1CCCCCCC1)N(CC1CCCCN1)C1CC1. The van der Waals surface area contributed by atoms with E-state index < -0.39 is 0 Å². The number of carbonyl (C=O) groups is 1. The van der Waals surface area contributed by atoms with E-state index in [1.165, 1.54) is 64.2 Å². The smallest absolute Gasteiger partial charge is 0.225 e. The van der Waals surface area contributed by atoms with Crippen molar-refractivity contribution in [3.05, 3.63) is 0 Å². The first-order valence-corrected chi connectivity index (χ1v) is 9.38. The van der Waals surface area contributed by atoms with Crippen LogP contribution < -0.4 is 5.32 Å². The van der Waals surface area contributed by atoms with Crippen molar-refractivity contribution in [2.75, 3.05) is 13.1 Å². The fourth-order valence-corrected chi connectivity index (χ4v) is 4.06. The second-order valence-electron chi connectivity index (χ2n) is 7.41. The van der Waals surface area contributed by atoms with E-state index in [2.05, 4.69) is 10.2 Å². The highest BCUT2D eigenvalue weighted by Gasteiger charge is 2.36. The van der Waals surface area contributed by atoms with E-state index in [0.29, 0.717) is 23.9 Å². The summed E-state index contributed by atoms with van der Waals surface area (Å²) in [7, 11) is 0. The quantitative estimate of drug-likeness (QED) is 0.860. The molecule has 2 aliphatic carbocycles. The van der Waals surface area contributed by atoms with Gasteiger partial charge in [-0.2, -0.15) is 0 Å². The summed E-state index contributed by atoms with van der Waals surface area (Å²) in [6, 6.07) is 1.13. The van der Waals surface area contributed by atoms with Crippen molar-refractivity contribution in [2.45, 2.75) is 89.1 Å². The van der Waals surface area contributed by atoms with E-state index >= 15 is 0 Å². The average Bonchev–Trinajstić information content (AvgIpc) is 3.29.